The minimum Gasteiger partial charge on any atom is 2.00 e. The Bertz CT molecular complexity index is 972. The quantitative estimate of drug-likeness (QED) is 0.106. The van der Waals surface area contributed by atoms with Gasteiger partial charge in [0.15, 0.2) is 0 Å². The van der Waals surface area contributed by atoms with Gasteiger partial charge in [-0.2, -0.15) is 0 Å². The van der Waals surface area contributed by atoms with E-state index < -0.39 is 46.9 Å². The van der Waals surface area contributed by atoms with E-state index in [4.69, 9.17) is 21.0 Å². The first-order valence-corrected chi connectivity index (χ1v) is 21.3. The maximum atomic E-state index is 9.87. The van der Waals surface area contributed by atoms with Crippen LogP contribution in [0.15, 0.2) is 0 Å². The van der Waals surface area contributed by atoms with Crippen molar-refractivity contribution in [2.45, 2.75) is 27.7 Å². The van der Waals surface area contributed by atoms with Crippen LogP contribution in [-0.4, -0.2) is 0 Å². The Labute approximate surface area is 288 Å². The van der Waals surface area contributed by atoms with E-state index in [0.29, 0.717) is 0 Å². The standard InChI is InChI=1S/4C2H3N.Cu.6F6P/c4*1-2-3;;6*1-7(2,3,4,5)6/h4*1H3;;;;;;;/q;;;;+2;6*-1/p+4. The van der Waals surface area contributed by atoms with Crippen molar-refractivity contribution in [2.75, 3.05) is 0 Å². The fourth-order valence-corrected chi connectivity index (χ4v) is 0. The molecule has 0 aromatic rings. The fourth-order valence-electron chi connectivity index (χ4n) is 0. The average Bonchev–Trinajstić information content (AvgIpc) is 2.36. The molecule has 0 rings (SSSR count). The second-order valence-electron chi connectivity index (χ2n) is 6.75. The van der Waals surface area contributed by atoms with E-state index in [9.17, 15) is 151 Å². The molecule has 1 radical (unpaired) electrons. The van der Waals surface area contributed by atoms with Crippen LogP contribution in [0.25, 0.3) is 0 Å². The third-order valence-corrected chi connectivity index (χ3v) is 0. The Morgan fingerprint density at radius 2 is 0.200 bits per heavy atom. The summed E-state index contributed by atoms with van der Waals surface area (Å²) < 4.78 is 355. The number of rotatable bonds is 0. The Kier molecular flexibility index (Phi) is 24.2. The molecular weight excluding hydrogens is 1090 g/mol. The van der Waals surface area contributed by atoms with Crippen molar-refractivity contribution in [1.29, 1.82) is 0 Å². The molecule has 0 aromatic heterocycles. The average molecular weight is 1100 g/mol. The summed E-state index contributed by atoms with van der Waals surface area (Å²) >= 11 is 0. The molecule has 4 N–H and O–H groups in total. The molecule has 0 aliphatic rings. The molecule has 47 heteroatoms. The number of hydrogen-bond donors (Lipinski definition) is 4. The van der Waals surface area contributed by atoms with E-state index in [1.165, 1.54) is 0 Å². The van der Waals surface area contributed by atoms with Gasteiger partial charge in [-0.25, -0.2) is 0 Å². The van der Waals surface area contributed by atoms with Crippen LogP contribution in [-0.2, 0) is 17.1 Å². The first-order chi connectivity index (χ1) is 20.4. The zero-order chi connectivity index (χ0) is 49.3. The van der Waals surface area contributed by atoms with E-state index in [1.807, 2.05) is 24.3 Å². The molecule has 55 heavy (non-hydrogen) atoms. The van der Waals surface area contributed by atoms with Gasteiger partial charge in [0.25, 0.3) is 24.3 Å². The summed E-state index contributed by atoms with van der Waals surface area (Å²) in [6.45, 7) is 6.17. The molecule has 0 saturated carbocycles. The number of hydrogen-bond acceptors (Lipinski definition) is 0. The summed E-state index contributed by atoms with van der Waals surface area (Å²) in [7, 11) is -63.9. The van der Waals surface area contributed by atoms with E-state index in [2.05, 4.69) is 0 Å². The van der Waals surface area contributed by atoms with Gasteiger partial charge in [0.05, 0.1) is 27.7 Å². The molecule has 0 aliphatic heterocycles. The third-order valence-electron chi connectivity index (χ3n) is 0. The maximum absolute atomic E-state index is 10.7. The zero-order valence-electron chi connectivity index (χ0n) is 24.6. The third kappa shape index (κ3) is 62900. The molecule has 0 amide bonds. The SMILES string of the molecule is CC#[NH+].CC#[NH+].CC#[NH+].CC#[NH+].F[P-](F)(F)(F)(F)F.F[P-](F)(F)(F)(F)F.F[P-](F)(F)(F)(F)F.F[P-](F)(F)(F)(F)F.F[P-](F)(F)(F)(F)F.F[P-](F)(F)(F)(F)F.[Cu+2]. The molecule has 0 aromatic carbocycles. The van der Waals surface area contributed by atoms with Crippen LogP contribution < -0.4 is 21.0 Å². The molecule has 0 spiro atoms. The van der Waals surface area contributed by atoms with Crippen LogP contribution in [0.4, 0.5) is 151 Å². The summed E-state index contributed by atoms with van der Waals surface area (Å²) in [6.07, 6.45) is 0. The van der Waals surface area contributed by atoms with Gasteiger partial charge in [0, 0.05) is 0 Å². The first kappa shape index (κ1) is 81.7. The Morgan fingerprint density at radius 3 is 0.200 bits per heavy atom. The smallest absolute Gasteiger partial charge is 2.00 e. The maximum Gasteiger partial charge on any atom is 2.00 e. The minimum absolute atomic E-state index is 0. The summed E-state index contributed by atoms with van der Waals surface area (Å²) in [6, 6.07) is 8.00. The minimum atomic E-state index is -10.7. The van der Waals surface area contributed by atoms with E-state index in [1.54, 1.807) is 27.7 Å². The van der Waals surface area contributed by atoms with Crippen molar-refractivity contribution < 1.29 is 189 Å². The van der Waals surface area contributed by atoms with Gasteiger partial charge in [-0.1, -0.05) is 0 Å². The number of nitrogens with one attached hydrogen (secondary N) is 4. The molecular formula is C8H16CuF36N4P6. The van der Waals surface area contributed by atoms with Crippen LogP contribution in [0, 0.1) is 24.3 Å². The Balaban J connectivity index is -0.0000000442. The van der Waals surface area contributed by atoms with Gasteiger partial charge in [0.2, 0.25) is 0 Å². The van der Waals surface area contributed by atoms with Gasteiger partial charge in [0.1, 0.15) is 0 Å². The summed E-state index contributed by atoms with van der Waals surface area (Å²) in [5.41, 5.74) is 0. The molecule has 0 fully saturated rings. The molecule has 4 nitrogen and oxygen atoms in total. The van der Waals surface area contributed by atoms with Crippen molar-refractivity contribution in [1.82, 2.24) is 0 Å². The van der Waals surface area contributed by atoms with Crippen molar-refractivity contribution in [3.8, 4) is 24.3 Å². The van der Waals surface area contributed by atoms with Crippen molar-refractivity contribution in [3.63, 3.8) is 0 Å². The number of halogens is 36. The summed E-state index contributed by atoms with van der Waals surface area (Å²) in [5.74, 6) is 0. The van der Waals surface area contributed by atoms with Gasteiger partial charge in [-0.05, 0) is 0 Å². The van der Waals surface area contributed by atoms with Crippen LogP contribution in [0.3, 0.4) is 0 Å². The molecule has 0 heterocycles. The largest absolute Gasteiger partial charge is 2.00 e. The van der Waals surface area contributed by atoms with Gasteiger partial charge < -0.3 is 0 Å². The second kappa shape index (κ2) is 16.3. The molecule has 0 unspecified atom stereocenters. The summed E-state index contributed by atoms with van der Waals surface area (Å²) in [4.78, 5) is 0. The normalized spacial score (nSPS) is 18.3. The monoisotopic (exact) mass is 1100 g/mol. The van der Waals surface area contributed by atoms with Gasteiger partial charge >= 0.3 is 215 Å². The van der Waals surface area contributed by atoms with Crippen LogP contribution in [0.1, 0.15) is 27.7 Å². The van der Waals surface area contributed by atoms with Crippen molar-refractivity contribution >= 4 is 46.9 Å². The molecule has 361 valence electrons. The summed E-state index contributed by atoms with van der Waals surface area (Å²) in [5, 5.41) is 23.8. The zero-order valence-corrected chi connectivity index (χ0v) is 30.9. The van der Waals surface area contributed by atoms with Crippen LogP contribution in [0.5, 0.6) is 0 Å². The van der Waals surface area contributed by atoms with E-state index in [-0.39, 0.29) is 17.1 Å². The van der Waals surface area contributed by atoms with E-state index in [0.717, 1.165) is 0 Å². The molecule has 0 atom stereocenters. The fraction of sp³-hybridized carbons (Fsp3) is 0.500. The van der Waals surface area contributed by atoms with Crippen LogP contribution in [0.2, 0.25) is 0 Å². The van der Waals surface area contributed by atoms with Gasteiger partial charge in [-0.15, -0.1) is 21.0 Å². The van der Waals surface area contributed by atoms with Crippen LogP contribution >= 0.6 is 46.9 Å². The molecule has 0 saturated heterocycles. The predicted octanol–water partition coefficient (Wildman–Crippen LogP) is 15.4. The second-order valence-corrected chi connectivity index (χ2v) is 18.2. The Morgan fingerprint density at radius 1 is 0.200 bits per heavy atom. The van der Waals surface area contributed by atoms with Gasteiger partial charge in [-0.3, -0.25) is 0 Å². The predicted molar refractivity (Wildman–Crippen MR) is 124 cm³/mol. The van der Waals surface area contributed by atoms with E-state index >= 15 is 0 Å². The van der Waals surface area contributed by atoms with Crippen molar-refractivity contribution in [2.24, 2.45) is 0 Å². The first-order valence-electron chi connectivity index (χ1n) is 9.09. The topological polar surface area (TPSA) is 95.2 Å². The molecule has 0 aliphatic carbocycles. The van der Waals surface area contributed by atoms with Crippen molar-refractivity contribution in [3.05, 3.63) is 0 Å². The molecule has 0 bridgehead atoms. The Hall–Kier alpha value is -1.46.